The highest BCUT2D eigenvalue weighted by Crippen LogP contribution is 2.31. The highest BCUT2D eigenvalue weighted by molar-refractivity contribution is 5.74. The van der Waals surface area contributed by atoms with E-state index in [1.807, 2.05) is 134 Å². The van der Waals surface area contributed by atoms with Crippen LogP contribution in [0, 0.1) is 0 Å². The molecule has 4 aromatic carbocycles. The van der Waals surface area contributed by atoms with Gasteiger partial charge in [-0.05, 0) is 58.7 Å². The molecule has 0 atom stereocenters. The van der Waals surface area contributed by atoms with Crippen LogP contribution >= 0.6 is 0 Å². The van der Waals surface area contributed by atoms with Crippen LogP contribution in [0.2, 0.25) is 0 Å². The van der Waals surface area contributed by atoms with Crippen molar-refractivity contribution in [2.45, 2.75) is 32.8 Å². The van der Waals surface area contributed by atoms with Gasteiger partial charge in [0.1, 0.15) is 19.0 Å². The highest BCUT2D eigenvalue weighted by atomic mass is 16.5. The Bertz CT molecular complexity index is 1550. The second kappa shape index (κ2) is 14.6. The molecule has 1 N–H and O–H groups in total. The third kappa shape index (κ3) is 8.66. The number of rotatable bonds is 13. The van der Waals surface area contributed by atoms with Crippen molar-refractivity contribution in [1.29, 1.82) is 0 Å². The number of urea groups is 1. The molecule has 0 radical (unpaired) electrons. The summed E-state index contributed by atoms with van der Waals surface area (Å²) in [6.07, 6.45) is 1.62. The lowest BCUT2D eigenvalue weighted by Gasteiger charge is -2.23. The zero-order chi connectivity index (χ0) is 29.9. The van der Waals surface area contributed by atoms with Crippen molar-refractivity contribution < 1.29 is 18.7 Å². The van der Waals surface area contributed by atoms with E-state index in [1.54, 1.807) is 11.2 Å². The summed E-state index contributed by atoms with van der Waals surface area (Å²) in [5.41, 5.74) is 5.16. The van der Waals surface area contributed by atoms with E-state index in [1.165, 1.54) is 0 Å². The first-order valence-electron chi connectivity index (χ1n) is 14.3. The van der Waals surface area contributed by atoms with Crippen molar-refractivity contribution in [3.05, 3.63) is 150 Å². The van der Waals surface area contributed by atoms with E-state index in [4.69, 9.17) is 13.9 Å². The predicted molar refractivity (Wildman–Crippen MR) is 169 cm³/mol. The zero-order valence-corrected chi connectivity index (χ0v) is 24.6. The summed E-state index contributed by atoms with van der Waals surface area (Å²) in [7, 11) is 4.01. The van der Waals surface area contributed by atoms with Crippen LogP contribution in [0.15, 0.2) is 126 Å². The summed E-state index contributed by atoms with van der Waals surface area (Å²) in [6.45, 7) is 1.91. The number of anilines is 1. The van der Waals surface area contributed by atoms with E-state index in [0.29, 0.717) is 50.1 Å². The summed E-state index contributed by atoms with van der Waals surface area (Å²) in [4.78, 5) is 17.2. The minimum Gasteiger partial charge on any atom is -0.485 e. The molecular formula is C36H37N3O4. The van der Waals surface area contributed by atoms with Gasteiger partial charge in [-0.15, -0.1) is 0 Å². The predicted octanol–water partition coefficient (Wildman–Crippen LogP) is 7.42. The van der Waals surface area contributed by atoms with Gasteiger partial charge in [0.2, 0.25) is 0 Å². The Morgan fingerprint density at radius 2 is 1.30 bits per heavy atom. The topological polar surface area (TPSA) is 67.2 Å². The average molecular weight is 576 g/mol. The first kappa shape index (κ1) is 29.3. The van der Waals surface area contributed by atoms with Crippen LogP contribution in [-0.4, -0.2) is 25.0 Å². The van der Waals surface area contributed by atoms with Gasteiger partial charge in [-0.2, -0.15) is 0 Å². The SMILES string of the molecule is CN(C)c1ccc(CNC(=O)N(Cc2ccc(OCc3ccccc3)c(OCc3ccccc3)c2)Cc2ccco2)cc1. The first-order chi connectivity index (χ1) is 21.0. The van der Waals surface area contributed by atoms with Gasteiger partial charge in [-0.25, -0.2) is 4.79 Å². The second-order valence-corrected chi connectivity index (χ2v) is 10.5. The molecule has 5 aromatic rings. The van der Waals surface area contributed by atoms with Gasteiger partial charge in [0.25, 0.3) is 0 Å². The number of hydrogen-bond donors (Lipinski definition) is 1. The van der Waals surface area contributed by atoms with Gasteiger partial charge in [-0.3, -0.25) is 0 Å². The number of benzene rings is 4. The monoisotopic (exact) mass is 575 g/mol. The number of carbonyl (C=O) groups is 1. The Morgan fingerprint density at radius 1 is 0.674 bits per heavy atom. The van der Waals surface area contributed by atoms with Crippen molar-refractivity contribution >= 4 is 11.7 Å². The fraction of sp³-hybridized carbons (Fsp3) is 0.194. The van der Waals surface area contributed by atoms with Crippen molar-refractivity contribution in [2.24, 2.45) is 0 Å². The van der Waals surface area contributed by atoms with E-state index in [-0.39, 0.29) is 6.03 Å². The molecule has 7 heteroatoms. The zero-order valence-electron chi connectivity index (χ0n) is 24.6. The van der Waals surface area contributed by atoms with E-state index < -0.39 is 0 Å². The van der Waals surface area contributed by atoms with Crippen molar-refractivity contribution in [2.75, 3.05) is 19.0 Å². The molecule has 0 bridgehead atoms. The van der Waals surface area contributed by atoms with Crippen LogP contribution in [0.4, 0.5) is 10.5 Å². The summed E-state index contributed by atoms with van der Waals surface area (Å²) < 4.78 is 18.0. The fourth-order valence-corrected chi connectivity index (χ4v) is 4.57. The molecule has 5 rings (SSSR count). The Hall–Kier alpha value is -5.17. The number of carbonyl (C=O) groups excluding carboxylic acids is 1. The third-order valence-electron chi connectivity index (χ3n) is 6.97. The van der Waals surface area contributed by atoms with E-state index in [9.17, 15) is 4.79 Å². The smallest absolute Gasteiger partial charge is 0.318 e. The molecule has 0 aliphatic rings. The van der Waals surface area contributed by atoms with E-state index in [2.05, 4.69) is 5.32 Å². The highest BCUT2D eigenvalue weighted by Gasteiger charge is 2.18. The molecule has 0 saturated heterocycles. The summed E-state index contributed by atoms with van der Waals surface area (Å²) in [5.74, 6) is 1.97. The maximum Gasteiger partial charge on any atom is 0.318 e. The standard InChI is InChI=1S/C36H37N3O4/c1-38(2)32-18-15-28(16-19-32)23-37-36(40)39(25-33-14-9-21-41-33)24-31-17-20-34(42-26-29-10-5-3-6-11-29)35(22-31)43-27-30-12-7-4-8-13-30/h3-22H,23-27H2,1-2H3,(H,37,40). The lowest BCUT2D eigenvalue weighted by Crippen LogP contribution is -2.38. The molecule has 0 saturated carbocycles. The molecule has 7 nitrogen and oxygen atoms in total. The van der Waals surface area contributed by atoms with E-state index >= 15 is 0 Å². The van der Waals surface area contributed by atoms with Gasteiger partial charge in [-0.1, -0.05) is 78.9 Å². The van der Waals surface area contributed by atoms with Gasteiger partial charge in [0.05, 0.1) is 12.8 Å². The van der Waals surface area contributed by atoms with Crippen LogP contribution in [0.5, 0.6) is 11.5 Å². The molecule has 0 spiro atoms. The summed E-state index contributed by atoms with van der Waals surface area (Å²) in [5, 5.41) is 3.07. The number of ether oxygens (including phenoxy) is 2. The molecule has 220 valence electrons. The second-order valence-electron chi connectivity index (χ2n) is 10.5. The molecule has 0 fully saturated rings. The summed E-state index contributed by atoms with van der Waals surface area (Å²) in [6, 6.07) is 37.5. The minimum absolute atomic E-state index is 0.191. The minimum atomic E-state index is -0.191. The molecule has 43 heavy (non-hydrogen) atoms. The van der Waals surface area contributed by atoms with Gasteiger partial charge in [0, 0.05) is 32.9 Å². The number of amides is 2. The molecule has 1 heterocycles. The number of furan rings is 1. The maximum atomic E-state index is 13.5. The van der Waals surface area contributed by atoms with Gasteiger partial charge >= 0.3 is 6.03 Å². The Morgan fingerprint density at radius 3 is 1.91 bits per heavy atom. The Balaban J connectivity index is 1.32. The normalized spacial score (nSPS) is 10.7. The molecule has 0 unspecified atom stereocenters. The van der Waals surface area contributed by atoms with Crippen LogP contribution in [0.3, 0.4) is 0 Å². The molecule has 0 aliphatic carbocycles. The van der Waals surface area contributed by atoms with Crippen LogP contribution in [-0.2, 0) is 32.8 Å². The summed E-state index contributed by atoms with van der Waals surface area (Å²) >= 11 is 0. The third-order valence-corrected chi connectivity index (χ3v) is 6.97. The van der Waals surface area contributed by atoms with Crippen molar-refractivity contribution in [3.63, 3.8) is 0 Å². The largest absolute Gasteiger partial charge is 0.485 e. The van der Waals surface area contributed by atoms with Crippen molar-refractivity contribution in [1.82, 2.24) is 10.2 Å². The van der Waals surface area contributed by atoms with Gasteiger partial charge < -0.3 is 29.0 Å². The molecular weight excluding hydrogens is 538 g/mol. The van der Waals surface area contributed by atoms with Crippen LogP contribution < -0.4 is 19.7 Å². The van der Waals surface area contributed by atoms with Gasteiger partial charge in [0.15, 0.2) is 11.5 Å². The lowest BCUT2D eigenvalue weighted by molar-refractivity contribution is 0.186. The van der Waals surface area contributed by atoms with Crippen molar-refractivity contribution in [3.8, 4) is 11.5 Å². The number of nitrogens with zero attached hydrogens (tertiary/aromatic N) is 2. The Kier molecular flexibility index (Phi) is 9.98. The quantitative estimate of drug-likeness (QED) is 0.158. The number of hydrogen-bond acceptors (Lipinski definition) is 5. The molecule has 1 aromatic heterocycles. The average Bonchev–Trinajstić information content (AvgIpc) is 3.56. The Labute approximate surface area is 253 Å². The van der Waals surface area contributed by atoms with E-state index in [0.717, 1.165) is 27.9 Å². The first-order valence-corrected chi connectivity index (χ1v) is 14.3. The van der Waals surface area contributed by atoms with Crippen LogP contribution in [0.25, 0.3) is 0 Å². The maximum absolute atomic E-state index is 13.5. The lowest BCUT2D eigenvalue weighted by atomic mass is 10.1. The fourth-order valence-electron chi connectivity index (χ4n) is 4.57. The van der Waals surface area contributed by atoms with Crippen LogP contribution in [0.1, 0.15) is 28.0 Å². The number of nitrogens with one attached hydrogen (secondary N) is 1. The molecule has 0 aliphatic heterocycles. The molecule has 2 amide bonds.